The molecule has 2 unspecified atom stereocenters. The third-order valence-electron chi connectivity index (χ3n) is 5.98. The topological polar surface area (TPSA) is 85.8 Å². The highest BCUT2D eigenvalue weighted by atomic mass is 16.2. The summed E-state index contributed by atoms with van der Waals surface area (Å²) in [4.78, 5) is 17.3. The number of aryl methyl sites for hydroxylation is 1. The zero-order valence-electron chi connectivity index (χ0n) is 15.3. The van der Waals surface area contributed by atoms with Crippen molar-refractivity contribution in [2.24, 2.45) is 23.5 Å². The summed E-state index contributed by atoms with van der Waals surface area (Å²) in [5, 5.41) is 7.63. The summed E-state index contributed by atoms with van der Waals surface area (Å²) in [6.45, 7) is 2.49. The third kappa shape index (κ3) is 3.51. The van der Waals surface area contributed by atoms with Crippen molar-refractivity contribution in [1.29, 1.82) is 0 Å². The molecule has 2 fully saturated rings. The Morgan fingerprint density at radius 2 is 2.08 bits per heavy atom. The number of carbonyl (C=O) groups is 1. The first-order valence-corrected chi connectivity index (χ1v) is 9.61. The van der Waals surface area contributed by atoms with Gasteiger partial charge in [0, 0.05) is 24.2 Å². The predicted octanol–water partition coefficient (Wildman–Crippen LogP) is 2.73. The van der Waals surface area contributed by atoms with E-state index in [0.29, 0.717) is 18.4 Å². The fraction of sp³-hybridized carbons (Fsp3) is 0.550. The lowest BCUT2D eigenvalue weighted by Crippen LogP contribution is -2.48. The molecule has 2 aromatic heterocycles. The summed E-state index contributed by atoms with van der Waals surface area (Å²) < 4.78 is 1.82. The number of nitrogens with one attached hydrogen (secondary N) is 1. The van der Waals surface area contributed by atoms with E-state index in [1.165, 1.54) is 6.42 Å². The number of fused-ring (bicyclic) bond motifs is 2. The molecule has 6 heteroatoms. The van der Waals surface area contributed by atoms with E-state index in [9.17, 15) is 4.79 Å². The molecule has 26 heavy (non-hydrogen) atoms. The van der Waals surface area contributed by atoms with Crippen LogP contribution in [0, 0.1) is 24.7 Å². The van der Waals surface area contributed by atoms with Crippen LogP contribution in [0.25, 0.3) is 0 Å². The second-order valence-corrected chi connectivity index (χ2v) is 7.84. The summed E-state index contributed by atoms with van der Waals surface area (Å²) >= 11 is 0. The van der Waals surface area contributed by atoms with E-state index in [4.69, 9.17) is 5.73 Å². The lowest BCUT2D eigenvalue weighted by molar-refractivity contribution is -0.122. The van der Waals surface area contributed by atoms with Gasteiger partial charge in [0.2, 0.25) is 5.91 Å². The van der Waals surface area contributed by atoms with Gasteiger partial charge in [-0.25, -0.2) is 4.68 Å². The fourth-order valence-corrected chi connectivity index (χ4v) is 4.64. The number of aromatic nitrogens is 3. The van der Waals surface area contributed by atoms with Crippen LogP contribution in [-0.4, -0.2) is 26.7 Å². The highest BCUT2D eigenvalue weighted by Crippen LogP contribution is 2.42. The average molecular weight is 353 g/mol. The first kappa shape index (κ1) is 17.2. The largest absolute Gasteiger partial charge is 0.327 e. The highest BCUT2D eigenvalue weighted by molar-refractivity contribution is 5.92. The van der Waals surface area contributed by atoms with E-state index < -0.39 is 0 Å². The molecule has 0 aromatic carbocycles. The SMILES string of the molecule is Cc1cc(NC(=O)C2CC3CCCC(C2)C3N)n(Cc2ccccn2)n1. The van der Waals surface area contributed by atoms with Crippen LogP contribution in [-0.2, 0) is 11.3 Å². The minimum Gasteiger partial charge on any atom is -0.327 e. The van der Waals surface area contributed by atoms with Gasteiger partial charge >= 0.3 is 0 Å². The molecular formula is C20H27N5O. The van der Waals surface area contributed by atoms with Crippen molar-refractivity contribution in [2.45, 2.75) is 51.6 Å². The molecule has 2 saturated carbocycles. The normalized spacial score (nSPS) is 27.9. The van der Waals surface area contributed by atoms with Gasteiger partial charge in [-0.05, 0) is 56.6 Å². The molecule has 6 nitrogen and oxygen atoms in total. The Morgan fingerprint density at radius 3 is 2.77 bits per heavy atom. The van der Waals surface area contributed by atoms with Crippen LogP contribution < -0.4 is 11.1 Å². The van der Waals surface area contributed by atoms with Gasteiger partial charge in [0.1, 0.15) is 5.82 Å². The van der Waals surface area contributed by atoms with Crippen molar-refractivity contribution in [3.63, 3.8) is 0 Å². The summed E-state index contributed by atoms with van der Waals surface area (Å²) in [7, 11) is 0. The Kier molecular flexibility index (Phi) is 4.76. The first-order chi connectivity index (χ1) is 12.6. The fourth-order valence-electron chi connectivity index (χ4n) is 4.64. The van der Waals surface area contributed by atoms with Crippen molar-refractivity contribution in [3.8, 4) is 0 Å². The molecule has 2 aromatic rings. The van der Waals surface area contributed by atoms with Gasteiger partial charge in [-0.3, -0.25) is 9.78 Å². The van der Waals surface area contributed by atoms with Crippen LogP contribution in [0.2, 0.25) is 0 Å². The van der Waals surface area contributed by atoms with E-state index >= 15 is 0 Å². The molecule has 138 valence electrons. The molecule has 4 rings (SSSR count). The third-order valence-corrected chi connectivity index (χ3v) is 5.98. The van der Waals surface area contributed by atoms with Crippen molar-refractivity contribution in [2.75, 3.05) is 5.32 Å². The molecule has 2 bridgehead atoms. The Balaban J connectivity index is 1.46. The van der Waals surface area contributed by atoms with Crippen molar-refractivity contribution in [1.82, 2.24) is 14.8 Å². The van der Waals surface area contributed by atoms with Gasteiger partial charge in [0.05, 0.1) is 17.9 Å². The van der Waals surface area contributed by atoms with Gasteiger partial charge in [-0.1, -0.05) is 12.5 Å². The van der Waals surface area contributed by atoms with Crippen molar-refractivity contribution >= 4 is 11.7 Å². The van der Waals surface area contributed by atoms with Crippen LogP contribution >= 0.6 is 0 Å². The molecule has 1 amide bonds. The molecule has 2 aliphatic rings. The molecule has 2 heterocycles. The maximum atomic E-state index is 12.9. The number of hydrogen-bond donors (Lipinski definition) is 2. The number of amides is 1. The number of nitrogens with two attached hydrogens (primary N) is 1. The van der Waals surface area contributed by atoms with E-state index in [-0.39, 0.29) is 17.9 Å². The monoisotopic (exact) mass is 353 g/mol. The second-order valence-electron chi connectivity index (χ2n) is 7.84. The average Bonchev–Trinajstić information content (AvgIpc) is 2.94. The molecule has 2 atom stereocenters. The summed E-state index contributed by atoms with van der Waals surface area (Å²) in [5.74, 6) is 1.91. The minimum atomic E-state index is 0.0589. The lowest BCUT2D eigenvalue weighted by atomic mass is 9.65. The van der Waals surface area contributed by atoms with E-state index in [1.54, 1.807) is 6.20 Å². The maximum Gasteiger partial charge on any atom is 0.228 e. The van der Waals surface area contributed by atoms with Gasteiger partial charge in [0.25, 0.3) is 0 Å². The molecule has 2 aliphatic carbocycles. The number of rotatable bonds is 4. The molecular weight excluding hydrogens is 326 g/mol. The van der Waals surface area contributed by atoms with E-state index in [1.807, 2.05) is 35.9 Å². The quantitative estimate of drug-likeness (QED) is 0.885. The molecule has 0 aliphatic heterocycles. The molecule has 0 spiro atoms. The summed E-state index contributed by atoms with van der Waals surface area (Å²) in [6.07, 6.45) is 7.19. The Labute approximate surface area is 154 Å². The van der Waals surface area contributed by atoms with Crippen LogP contribution in [0.15, 0.2) is 30.5 Å². The smallest absolute Gasteiger partial charge is 0.228 e. The second kappa shape index (κ2) is 7.19. The number of nitrogens with zero attached hydrogens (tertiary/aromatic N) is 3. The highest BCUT2D eigenvalue weighted by Gasteiger charge is 2.40. The van der Waals surface area contributed by atoms with Crippen molar-refractivity contribution < 1.29 is 4.79 Å². The summed E-state index contributed by atoms with van der Waals surface area (Å²) in [6, 6.07) is 8.03. The predicted molar refractivity (Wildman–Crippen MR) is 100 cm³/mol. The van der Waals surface area contributed by atoms with Crippen LogP contribution in [0.5, 0.6) is 0 Å². The molecule has 3 N–H and O–H groups in total. The van der Waals surface area contributed by atoms with E-state index in [2.05, 4.69) is 15.4 Å². The Hall–Kier alpha value is -2.21. The van der Waals surface area contributed by atoms with Crippen molar-refractivity contribution in [3.05, 3.63) is 41.9 Å². The Bertz CT molecular complexity index is 758. The van der Waals surface area contributed by atoms with Gasteiger partial charge in [-0.15, -0.1) is 0 Å². The zero-order valence-corrected chi connectivity index (χ0v) is 15.3. The van der Waals surface area contributed by atoms with Crippen LogP contribution in [0.4, 0.5) is 5.82 Å². The maximum absolute atomic E-state index is 12.9. The number of hydrogen-bond acceptors (Lipinski definition) is 4. The minimum absolute atomic E-state index is 0.0589. The number of carbonyl (C=O) groups excluding carboxylic acids is 1. The number of anilines is 1. The molecule has 0 radical (unpaired) electrons. The first-order valence-electron chi connectivity index (χ1n) is 9.61. The van der Waals surface area contributed by atoms with Crippen LogP contribution in [0.3, 0.4) is 0 Å². The van der Waals surface area contributed by atoms with E-state index in [0.717, 1.165) is 42.9 Å². The Morgan fingerprint density at radius 1 is 1.31 bits per heavy atom. The summed E-state index contributed by atoms with van der Waals surface area (Å²) in [5.41, 5.74) is 8.17. The van der Waals surface area contributed by atoms with Crippen LogP contribution in [0.1, 0.15) is 43.5 Å². The number of pyridine rings is 1. The molecule has 0 saturated heterocycles. The zero-order chi connectivity index (χ0) is 18.1. The van der Waals surface area contributed by atoms with Gasteiger partial charge in [0.15, 0.2) is 0 Å². The lowest BCUT2D eigenvalue weighted by Gasteiger charge is -2.43. The standard InChI is InChI=1S/C20H27N5O/c1-13-9-18(25(24-13)12-17-7-2-3-8-22-17)23-20(26)16-10-14-5-4-6-15(11-16)19(14)21/h2-3,7-9,14-16,19H,4-6,10-12,21H2,1H3,(H,23,26). The van der Waals surface area contributed by atoms with Gasteiger partial charge in [-0.2, -0.15) is 5.10 Å². The van der Waals surface area contributed by atoms with Gasteiger partial charge < -0.3 is 11.1 Å².